The topological polar surface area (TPSA) is 62.4 Å². The molecular weight excluding hydrogens is 226 g/mol. The van der Waals surface area contributed by atoms with Crippen LogP contribution in [0, 0.1) is 0 Å². The van der Waals surface area contributed by atoms with Gasteiger partial charge in [-0.25, -0.2) is 0 Å². The number of ether oxygens (including phenoxy) is 1. The summed E-state index contributed by atoms with van der Waals surface area (Å²) in [5.41, 5.74) is 5.65. The molecule has 0 spiro atoms. The average Bonchev–Trinajstić information content (AvgIpc) is 2.27. The van der Waals surface area contributed by atoms with E-state index < -0.39 is 0 Å². The zero-order valence-corrected chi connectivity index (χ0v) is 9.85. The van der Waals surface area contributed by atoms with E-state index in [-0.39, 0.29) is 5.91 Å². The maximum Gasteiger partial charge on any atom is 0.235 e. The third kappa shape index (κ3) is 3.74. The minimum atomic E-state index is -0.218. The zero-order valence-electron chi connectivity index (χ0n) is 9.03. The van der Waals surface area contributed by atoms with Gasteiger partial charge in [0.1, 0.15) is 5.75 Å². The van der Waals surface area contributed by atoms with Gasteiger partial charge in [-0.15, -0.1) is 0 Å². The van der Waals surface area contributed by atoms with E-state index in [1.165, 1.54) is 6.92 Å². The molecule has 1 aromatic carbocycles. The summed E-state index contributed by atoms with van der Waals surface area (Å²) < 4.78 is 5.13. The number of nitrogens with one attached hydrogen (secondary N) is 3. The van der Waals surface area contributed by atoms with Crippen molar-refractivity contribution in [3.63, 3.8) is 0 Å². The second-order valence-corrected chi connectivity index (χ2v) is 3.37. The minimum Gasteiger partial charge on any atom is -0.495 e. The number of carbonyl (C=O) groups excluding carboxylic acids is 1. The lowest BCUT2D eigenvalue weighted by molar-refractivity contribution is -0.119. The Morgan fingerprint density at radius 1 is 1.31 bits per heavy atom. The number of hydrogen-bond acceptors (Lipinski definition) is 3. The van der Waals surface area contributed by atoms with Gasteiger partial charge in [0, 0.05) is 6.92 Å². The molecule has 0 bridgehead atoms. The number of para-hydroxylation sites is 2. The molecule has 0 saturated carbocycles. The molecule has 0 unspecified atom stereocenters. The molecule has 0 fully saturated rings. The molecule has 0 saturated heterocycles. The summed E-state index contributed by atoms with van der Waals surface area (Å²) >= 11 is 4.97. The van der Waals surface area contributed by atoms with Gasteiger partial charge < -0.3 is 10.1 Å². The fraction of sp³-hybridized carbons (Fsp3) is 0.200. The van der Waals surface area contributed by atoms with E-state index in [4.69, 9.17) is 17.0 Å². The fourth-order valence-electron chi connectivity index (χ4n) is 1.05. The third-order valence-corrected chi connectivity index (χ3v) is 1.91. The highest BCUT2D eigenvalue weighted by Crippen LogP contribution is 2.22. The van der Waals surface area contributed by atoms with Crippen molar-refractivity contribution in [3.8, 4) is 5.75 Å². The van der Waals surface area contributed by atoms with Crippen molar-refractivity contribution in [1.29, 1.82) is 0 Å². The smallest absolute Gasteiger partial charge is 0.235 e. The van der Waals surface area contributed by atoms with Gasteiger partial charge in [0.2, 0.25) is 5.91 Å². The molecule has 1 amide bonds. The number of rotatable bonds is 2. The molecular formula is C10H13N3O2S. The second-order valence-electron chi connectivity index (χ2n) is 2.96. The van der Waals surface area contributed by atoms with Crippen LogP contribution in [-0.4, -0.2) is 18.1 Å². The van der Waals surface area contributed by atoms with Crippen LogP contribution in [0.1, 0.15) is 6.92 Å². The molecule has 0 aromatic heterocycles. The summed E-state index contributed by atoms with van der Waals surface area (Å²) in [5, 5.41) is 3.19. The number of anilines is 1. The van der Waals surface area contributed by atoms with Gasteiger partial charge in [-0.3, -0.25) is 15.6 Å². The first-order chi connectivity index (χ1) is 7.63. The summed E-state index contributed by atoms with van der Waals surface area (Å²) in [5.74, 6) is 0.457. The molecule has 6 heteroatoms. The molecule has 0 aliphatic rings. The fourth-order valence-corrected chi connectivity index (χ4v) is 1.21. The Labute approximate surface area is 99.1 Å². The first-order valence-electron chi connectivity index (χ1n) is 4.60. The van der Waals surface area contributed by atoms with Crippen molar-refractivity contribution < 1.29 is 9.53 Å². The van der Waals surface area contributed by atoms with Crippen molar-refractivity contribution in [2.75, 3.05) is 12.4 Å². The maximum absolute atomic E-state index is 10.6. The summed E-state index contributed by atoms with van der Waals surface area (Å²) in [4.78, 5) is 10.6. The lowest BCUT2D eigenvalue weighted by Crippen LogP contribution is -2.42. The molecule has 0 heterocycles. The van der Waals surface area contributed by atoms with Crippen LogP contribution in [0.2, 0.25) is 0 Å². The normalized spacial score (nSPS) is 9.12. The molecule has 16 heavy (non-hydrogen) atoms. The van der Waals surface area contributed by atoms with Gasteiger partial charge in [-0.2, -0.15) is 0 Å². The van der Waals surface area contributed by atoms with Crippen LogP contribution in [0.15, 0.2) is 24.3 Å². The van der Waals surface area contributed by atoms with Gasteiger partial charge in [0.25, 0.3) is 0 Å². The van der Waals surface area contributed by atoms with Crippen molar-refractivity contribution in [1.82, 2.24) is 10.9 Å². The van der Waals surface area contributed by atoms with Gasteiger partial charge in [0.15, 0.2) is 5.11 Å². The number of amides is 1. The predicted molar refractivity (Wildman–Crippen MR) is 66.2 cm³/mol. The first kappa shape index (κ1) is 12.3. The summed E-state index contributed by atoms with van der Waals surface area (Å²) in [6, 6.07) is 7.34. The Hall–Kier alpha value is -1.82. The number of benzene rings is 1. The zero-order chi connectivity index (χ0) is 12.0. The number of carbonyl (C=O) groups is 1. The summed E-state index contributed by atoms with van der Waals surface area (Å²) in [6.45, 7) is 1.39. The Bertz CT molecular complexity index is 395. The van der Waals surface area contributed by atoms with E-state index in [0.29, 0.717) is 10.9 Å². The van der Waals surface area contributed by atoms with Crippen molar-refractivity contribution in [3.05, 3.63) is 24.3 Å². The third-order valence-electron chi connectivity index (χ3n) is 1.71. The van der Waals surface area contributed by atoms with E-state index in [0.717, 1.165) is 5.69 Å². The van der Waals surface area contributed by atoms with Crippen molar-refractivity contribution in [2.24, 2.45) is 0 Å². The summed E-state index contributed by atoms with van der Waals surface area (Å²) in [6.07, 6.45) is 0. The van der Waals surface area contributed by atoms with Crippen LogP contribution in [-0.2, 0) is 4.79 Å². The van der Waals surface area contributed by atoms with E-state index in [1.807, 2.05) is 24.3 Å². The van der Waals surface area contributed by atoms with Gasteiger partial charge in [0.05, 0.1) is 12.8 Å². The van der Waals surface area contributed by atoms with Crippen LogP contribution in [0.3, 0.4) is 0 Å². The van der Waals surface area contributed by atoms with Gasteiger partial charge >= 0.3 is 0 Å². The monoisotopic (exact) mass is 239 g/mol. The molecule has 0 radical (unpaired) electrons. The van der Waals surface area contributed by atoms with Gasteiger partial charge in [-0.1, -0.05) is 12.1 Å². The maximum atomic E-state index is 10.6. The number of hydrogen-bond donors (Lipinski definition) is 3. The highest BCUT2D eigenvalue weighted by Gasteiger charge is 2.03. The van der Waals surface area contributed by atoms with Gasteiger partial charge in [-0.05, 0) is 24.4 Å². The van der Waals surface area contributed by atoms with Crippen LogP contribution in [0.5, 0.6) is 5.75 Å². The second kappa shape index (κ2) is 5.92. The number of methoxy groups -OCH3 is 1. The molecule has 1 aromatic rings. The molecule has 86 valence electrons. The average molecular weight is 239 g/mol. The first-order valence-corrected chi connectivity index (χ1v) is 5.01. The largest absolute Gasteiger partial charge is 0.495 e. The van der Waals surface area contributed by atoms with Crippen molar-refractivity contribution >= 4 is 28.9 Å². The minimum absolute atomic E-state index is 0.218. The molecule has 0 aliphatic carbocycles. The van der Waals surface area contributed by atoms with E-state index in [1.54, 1.807) is 7.11 Å². The van der Waals surface area contributed by atoms with Crippen LogP contribution >= 0.6 is 12.2 Å². The van der Waals surface area contributed by atoms with E-state index >= 15 is 0 Å². The lowest BCUT2D eigenvalue weighted by Gasteiger charge is -2.12. The SMILES string of the molecule is COc1ccccc1NC(=S)NNC(C)=O. The van der Waals surface area contributed by atoms with Crippen LogP contribution in [0.25, 0.3) is 0 Å². The van der Waals surface area contributed by atoms with Crippen LogP contribution < -0.4 is 20.9 Å². The highest BCUT2D eigenvalue weighted by atomic mass is 32.1. The molecule has 5 nitrogen and oxygen atoms in total. The molecule has 0 aliphatic heterocycles. The Balaban J connectivity index is 2.58. The van der Waals surface area contributed by atoms with Crippen molar-refractivity contribution in [2.45, 2.75) is 6.92 Å². The van der Waals surface area contributed by atoms with E-state index in [9.17, 15) is 4.79 Å². The number of hydrazine groups is 1. The highest BCUT2D eigenvalue weighted by molar-refractivity contribution is 7.80. The van der Waals surface area contributed by atoms with Crippen LogP contribution in [0.4, 0.5) is 5.69 Å². The Kier molecular flexibility index (Phi) is 4.53. The summed E-state index contributed by atoms with van der Waals surface area (Å²) in [7, 11) is 1.57. The predicted octanol–water partition coefficient (Wildman–Crippen LogP) is 1.03. The number of thiocarbonyl (C=S) groups is 1. The Morgan fingerprint density at radius 3 is 2.62 bits per heavy atom. The molecule has 3 N–H and O–H groups in total. The quantitative estimate of drug-likeness (QED) is 0.531. The molecule has 0 atom stereocenters. The van der Waals surface area contributed by atoms with E-state index in [2.05, 4.69) is 16.2 Å². The lowest BCUT2D eigenvalue weighted by atomic mass is 10.3. The Morgan fingerprint density at radius 2 is 2.00 bits per heavy atom. The molecule has 1 rings (SSSR count). The standard InChI is InChI=1S/C10H13N3O2S/c1-7(14)12-13-10(16)11-8-5-3-4-6-9(8)15-2/h3-6H,1-2H3,(H,12,14)(H2,11,13,16).